The zero-order valence-electron chi connectivity index (χ0n) is 10.4. The minimum atomic E-state index is -3.49. The van der Waals surface area contributed by atoms with Crippen molar-refractivity contribution in [1.29, 1.82) is 0 Å². The molecule has 0 unspecified atom stereocenters. The normalized spacial score (nSPS) is 30.9. The van der Waals surface area contributed by atoms with E-state index in [1.165, 1.54) is 0 Å². The van der Waals surface area contributed by atoms with Gasteiger partial charge in [-0.15, -0.1) is 0 Å². The van der Waals surface area contributed by atoms with Crippen molar-refractivity contribution in [2.75, 3.05) is 0 Å². The first kappa shape index (κ1) is 12.6. The third-order valence-corrected chi connectivity index (χ3v) is 5.05. The molecule has 1 fully saturated rings. The highest BCUT2D eigenvalue weighted by molar-refractivity contribution is 7.90. The Hall–Kier alpha value is -1.40. The van der Waals surface area contributed by atoms with Gasteiger partial charge in [0.1, 0.15) is 5.84 Å². The number of nitrogens with one attached hydrogen (secondary N) is 1. The summed E-state index contributed by atoms with van der Waals surface area (Å²) in [6.45, 7) is 0. The number of hydrogen-bond acceptors (Lipinski definition) is 4. The third-order valence-electron chi connectivity index (χ3n) is 3.65. The van der Waals surface area contributed by atoms with E-state index in [9.17, 15) is 13.5 Å². The van der Waals surface area contributed by atoms with Crippen LogP contribution in [0.2, 0.25) is 0 Å². The first-order valence-corrected chi connectivity index (χ1v) is 7.94. The molecule has 1 aromatic rings. The Bertz CT molecular complexity index is 625. The van der Waals surface area contributed by atoms with Gasteiger partial charge in [-0.3, -0.25) is 9.71 Å². The number of hydrogen-bond donors (Lipinski definition) is 2. The van der Waals surface area contributed by atoms with Crippen LogP contribution in [0.5, 0.6) is 0 Å². The molecule has 0 spiro atoms. The van der Waals surface area contributed by atoms with E-state index >= 15 is 0 Å². The molecule has 2 aliphatic rings. The van der Waals surface area contributed by atoms with Gasteiger partial charge in [-0.1, -0.05) is 25.0 Å². The molecule has 1 saturated carbocycles. The van der Waals surface area contributed by atoms with E-state index in [4.69, 9.17) is 0 Å². The molecule has 2 N–H and O–H groups in total. The Morgan fingerprint density at radius 3 is 2.74 bits per heavy atom. The fraction of sp³-hybridized carbons (Fsp3) is 0.462. The summed E-state index contributed by atoms with van der Waals surface area (Å²) in [5.74, 6) is 0.363. The summed E-state index contributed by atoms with van der Waals surface area (Å²) < 4.78 is 26.3. The molecule has 1 aromatic carbocycles. The second-order valence-corrected chi connectivity index (χ2v) is 6.65. The summed E-state index contributed by atoms with van der Waals surface area (Å²) in [5.41, 5.74) is 0.597. The number of aliphatic imine (C=N–C) groups is 1. The Balaban J connectivity index is 1.99. The van der Waals surface area contributed by atoms with Crippen molar-refractivity contribution >= 4 is 15.9 Å². The van der Waals surface area contributed by atoms with Gasteiger partial charge in [-0.25, -0.2) is 8.42 Å². The Morgan fingerprint density at radius 2 is 1.95 bits per heavy atom. The van der Waals surface area contributed by atoms with E-state index in [0.717, 1.165) is 25.7 Å². The van der Waals surface area contributed by atoms with Crippen LogP contribution < -0.4 is 4.72 Å². The van der Waals surface area contributed by atoms with Crippen LogP contribution in [0.4, 0.5) is 0 Å². The highest BCUT2D eigenvalue weighted by atomic mass is 32.2. The van der Waals surface area contributed by atoms with Gasteiger partial charge >= 0.3 is 0 Å². The lowest BCUT2D eigenvalue weighted by molar-refractivity contribution is 0.109. The van der Waals surface area contributed by atoms with E-state index in [2.05, 4.69) is 9.71 Å². The van der Waals surface area contributed by atoms with Gasteiger partial charge in [-0.05, 0) is 25.0 Å². The lowest BCUT2D eigenvalue weighted by Crippen LogP contribution is -2.31. The molecule has 1 aliphatic heterocycles. The van der Waals surface area contributed by atoms with Crippen molar-refractivity contribution in [2.24, 2.45) is 4.99 Å². The first-order valence-electron chi connectivity index (χ1n) is 6.46. The topological polar surface area (TPSA) is 78.8 Å². The highest BCUT2D eigenvalue weighted by Gasteiger charge is 2.32. The molecule has 3 rings (SSSR count). The van der Waals surface area contributed by atoms with Crippen molar-refractivity contribution < 1.29 is 13.5 Å². The smallest absolute Gasteiger partial charge is 0.263 e. The standard InChI is InChI=1S/C13H16N2O3S/c16-11-7-3-2-6-10(11)14-13-9-5-1-4-8-12(9)19(17,18)15-13/h1,4-5,8,10-11,16H,2-3,6-7H2,(H,14,15)/t10-,11-/m0/s1. The fourth-order valence-corrected chi connectivity index (χ4v) is 3.88. The number of amidine groups is 1. The molecule has 0 bridgehead atoms. The number of rotatable bonds is 1. The molecule has 5 nitrogen and oxygen atoms in total. The summed E-state index contributed by atoms with van der Waals surface area (Å²) in [4.78, 5) is 4.69. The van der Waals surface area contributed by atoms with Gasteiger partial charge in [0.25, 0.3) is 10.0 Å². The summed E-state index contributed by atoms with van der Waals surface area (Å²) >= 11 is 0. The fourth-order valence-electron chi connectivity index (χ4n) is 2.64. The molecule has 1 heterocycles. The number of aliphatic hydroxyl groups excluding tert-OH is 1. The molecule has 1 aliphatic carbocycles. The minimum absolute atomic E-state index is 0.211. The van der Waals surface area contributed by atoms with Crippen LogP contribution in [0.1, 0.15) is 31.2 Å². The summed E-state index contributed by atoms with van der Waals surface area (Å²) in [7, 11) is -3.49. The van der Waals surface area contributed by atoms with Gasteiger partial charge in [-0.2, -0.15) is 0 Å². The highest BCUT2D eigenvalue weighted by Crippen LogP contribution is 2.26. The molecule has 0 saturated heterocycles. The average molecular weight is 280 g/mol. The lowest BCUT2D eigenvalue weighted by atomic mass is 9.93. The Morgan fingerprint density at radius 1 is 1.21 bits per heavy atom. The van der Waals surface area contributed by atoms with Crippen molar-refractivity contribution in [3.63, 3.8) is 0 Å². The second kappa shape index (κ2) is 4.61. The van der Waals surface area contributed by atoms with Crippen molar-refractivity contribution in [2.45, 2.75) is 42.7 Å². The van der Waals surface area contributed by atoms with Crippen LogP contribution in [-0.4, -0.2) is 31.5 Å². The van der Waals surface area contributed by atoms with E-state index in [1.54, 1.807) is 24.3 Å². The number of sulfonamides is 1. The predicted molar refractivity (Wildman–Crippen MR) is 71.6 cm³/mol. The largest absolute Gasteiger partial charge is 0.391 e. The third kappa shape index (κ3) is 2.26. The second-order valence-electron chi connectivity index (χ2n) is 5.00. The maximum absolute atomic E-state index is 11.9. The quantitative estimate of drug-likeness (QED) is 0.806. The van der Waals surface area contributed by atoms with Crippen molar-refractivity contribution in [1.82, 2.24) is 4.72 Å². The maximum Gasteiger partial charge on any atom is 0.263 e. The molecule has 0 aromatic heterocycles. The summed E-state index contributed by atoms with van der Waals surface area (Å²) in [5, 5.41) is 9.92. The van der Waals surface area contributed by atoms with Gasteiger partial charge < -0.3 is 5.11 Å². The molecule has 0 radical (unpaired) electrons. The number of aliphatic hydroxyl groups is 1. The monoisotopic (exact) mass is 280 g/mol. The maximum atomic E-state index is 11.9. The molecule has 6 heteroatoms. The Labute approximate surface area is 112 Å². The Kier molecular flexibility index (Phi) is 3.06. The van der Waals surface area contributed by atoms with E-state index in [-0.39, 0.29) is 10.9 Å². The zero-order chi connectivity index (χ0) is 13.5. The SMILES string of the molecule is O=S1(=O)NC(=N[C@H]2CCCC[C@@H]2O)c2ccccc21. The number of nitrogens with zero attached hydrogens (tertiary/aromatic N) is 1. The van der Waals surface area contributed by atoms with E-state index in [0.29, 0.717) is 11.4 Å². The van der Waals surface area contributed by atoms with Crippen LogP contribution >= 0.6 is 0 Å². The minimum Gasteiger partial charge on any atom is -0.391 e. The predicted octanol–water partition coefficient (Wildman–Crippen LogP) is 1.03. The van der Waals surface area contributed by atoms with Gasteiger partial charge in [0.2, 0.25) is 0 Å². The summed E-state index contributed by atoms with van der Waals surface area (Å²) in [6, 6.07) is 6.57. The van der Waals surface area contributed by atoms with Crippen LogP contribution in [0.15, 0.2) is 34.2 Å². The number of benzene rings is 1. The molecular weight excluding hydrogens is 264 g/mol. The van der Waals surface area contributed by atoms with Crippen LogP contribution in [0.25, 0.3) is 0 Å². The zero-order valence-corrected chi connectivity index (χ0v) is 11.2. The van der Waals surface area contributed by atoms with Crippen molar-refractivity contribution in [3.8, 4) is 0 Å². The molecular formula is C13H16N2O3S. The van der Waals surface area contributed by atoms with Crippen LogP contribution in [0, 0.1) is 0 Å². The molecule has 2 atom stereocenters. The van der Waals surface area contributed by atoms with E-state index in [1.807, 2.05) is 0 Å². The van der Waals surface area contributed by atoms with Crippen LogP contribution in [0.3, 0.4) is 0 Å². The van der Waals surface area contributed by atoms with Gasteiger partial charge in [0.05, 0.1) is 17.0 Å². The van der Waals surface area contributed by atoms with Gasteiger partial charge in [0.15, 0.2) is 0 Å². The average Bonchev–Trinajstić information content (AvgIpc) is 2.65. The summed E-state index contributed by atoms with van der Waals surface area (Å²) in [6.07, 6.45) is 3.08. The first-order chi connectivity index (χ1) is 9.08. The molecule has 102 valence electrons. The van der Waals surface area contributed by atoms with Crippen LogP contribution in [-0.2, 0) is 10.0 Å². The lowest BCUT2D eigenvalue weighted by Gasteiger charge is -2.24. The van der Waals surface area contributed by atoms with Crippen molar-refractivity contribution in [3.05, 3.63) is 29.8 Å². The molecule has 19 heavy (non-hydrogen) atoms. The van der Waals surface area contributed by atoms with E-state index < -0.39 is 16.1 Å². The number of fused-ring (bicyclic) bond motifs is 1. The molecule has 0 amide bonds. The van der Waals surface area contributed by atoms with Gasteiger partial charge in [0, 0.05) is 5.56 Å².